The van der Waals surface area contributed by atoms with Crippen molar-refractivity contribution in [3.8, 4) is 0 Å². The number of nitrogens with one attached hydrogen (secondary N) is 1. The quantitative estimate of drug-likeness (QED) is 0.881. The third-order valence-corrected chi connectivity index (χ3v) is 2.69. The monoisotopic (exact) mass is 243 g/mol. The van der Waals surface area contributed by atoms with Crippen molar-refractivity contribution in [1.29, 1.82) is 0 Å². The number of halogens is 1. The molecular weight excluding hydrogens is 226 g/mol. The van der Waals surface area contributed by atoms with E-state index in [0.29, 0.717) is 17.5 Å². The molecule has 0 bridgehead atoms. The van der Waals surface area contributed by atoms with Gasteiger partial charge in [0, 0.05) is 12.7 Å². The summed E-state index contributed by atoms with van der Waals surface area (Å²) in [5, 5.41) is 7.64. The molecule has 0 aliphatic carbocycles. The summed E-state index contributed by atoms with van der Waals surface area (Å²) in [5.74, 6) is 0.409. The maximum Gasteiger partial charge on any atom is 0.244 e. The fourth-order valence-electron chi connectivity index (χ4n) is 1.23. The minimum atomic E-state index is -0.329. The van der Waals surface area contributed by atoms with Gasteiger partial charge in [-0.15, -0.1) is 0 Å². The Morgan fingerprint density at radius 3 is 2.62 bits per heavy atom. The average molecular weight is 244 g/mol. The molecule has 1 rings (SSSR count). The molecule has 1 heterocycles. The third-order valence-electron chi connectivity index (χ3n) is 2.32. The van der Waals surface area contributed by atoms with Gasteiger partial charge in [-0.3, -0.25) is 9.48 Å². The summed E-state index contributed by atoms with van der Waals surface area (Å²) in [4.78, 5) is 11.8. The standard InChI is InChI=1S/C11H18ClN3O/c1-7(2)5-13-11(16)9(4)15-6-10(12)8(3)14-15/h6-7,9H,5H2,1-4H3,(H,13,16). The highest BCUT2D eigenvalue weighted by Crippen LogP contribution is 2.15. The Kier molecular flexibility index (Phi) is 4.35. The van der Waals surface area contributed by atoms with Gasteiger partial charge >= 0.3 is 0 Å². The zero-order valence-electron chi connectivity index (χ0n) is 10.1. The second-order valence-corrected chi connectivity index (χ2v) is 4.76. The molecule has 0 spiro atoms. The van der Waals surface area contributed by atoms with Crippen molar-refractivity contribution in [2.45, 2.75) is 33.7 Å². The first-order chi connectivity index (χ1) is 7.41. The van der Waals surface area contributed by atoms with Gasteiger partial charge in [-0.05, 0) is 19.8 Å². The lowest BCUT2D eigenvalue weighted by Gasteiger charge is -2.13. The maximum atomic E-state index is 11.8. The lowest BCUT2D eigenvalue weighted by Crippen LogP contribution is -2.33. The van der Waals surface area contributed by atoms with Gasteiger partial charge in [0.15, 0.2) is 0 Å². The molecule has 0 radical (unpaired) electrons. The largest absolute Gasteiger partial charge is 0.354 e. The lowest BCUT2D eigenvalue weighted by molar-refractivity contribution is -0.124. The number of hydrogen-bond donors (Lipinski definition) is 1. The van der Waals surface area contributed by atoms with Crippen molar-refractivity contribution in [2.75, 3.05) is 6.54 Å². The van der Waals surface area contributed by atoms with E-state index in [1.165, 1.54) is 0 Å². The van der Waals surface area contributed by atoms with Crippen LogP contribution in [0.1, 0.15) is 32.5 Å². The highest BCUT2D eigenvalue weighted by Gasteiger charge is 2.16. The fraction of sp³-hybridized carbons (Fsp3) is 0.636. The van der Waals surface area contributed by atoms with E-state index in [1.54, 1.807) is 17.8 Å². The van der Waals surface area contributed by atoms with E-state index in [-0.39, 0.29) is 11.9 Å². The first-order valence-electron chi connectivity index (χ1n) is 5.40. The maximum absolute atomic E-state index is 11.8. The van der Waals surface area contributed by atoms with Gasteiger partial charge in [-0.1, -0.05) is 25.4 Å². The molecule has 90 valence electrons. The molecule has 1 aromatic heterocycles. The molecule has 0 aliphatic rings. The van der Waals surface area contributed by atoms with Crippen molar-refractivity contribution in [2.24, 2.45) is 5.92 Å². The molecule has 16 heavy (non-hydrogen) atoms. The smallest absolute Gasteiger partial charge is 0.244 e. The summed E-state index contributed by atoms with van der Waals surface area (Å²) >= 11 is 5.89. The summed E-state index contributed by atoms with van der Waals surface area (Å²) in [7, 11) is 0. The molecule has 1 unspecified atom stereocenters. The normalized spacial score (nSPS) is 12.9. The Bertz CT molecular complexity index is 354. The number of rotatable bonds is 4. The van der Waals surface area contributed by atoms with Gasteiger partial charge in [-0.25, -0.2) is 0 Å². The lowest BCUT2D eigenvalue weighted by atomic mass is 10.2. The minimum Gasteiger partial charge on any atom is -0.354 e. The Morgan fingerprint density at radius 1 is 1.56 bits per heavy atom. The number of nitrogens with zero attached hydrogens (tertiary/aromatic N) is 2. The Balaban J connectivity index is 2.63. The van der Waals surface area contributed by atoms with Gasteiger partial charge in [0.25, 0.3) is 0 Å². The summed E-state index contributed by atoms with van der Waals surface area (Å²) in [6, 6.07) is -0.329. The van der Waals surface area contributed by atoms with Crippen molar-refractivity contribution >= 4 is 17.5 Å². The number of aryl methyl sites for hydroxylation is 1. The highest BCUT2D eigenvalue weighted by molar-refractivity contribution is 6.31. The molecule has 1 atom stereocenters. The molecule has 1 amide bonds. The number of hydrogen-bond acceptors (Lipinski definition) is 2. The third kappa shape index (κ3) is 3.23. The number of carbonyl (C=O) groups is 1. The molecule has 4 nitrogen and oxygen atoms in total. The van der Waals surface area contributed by atoms with Gasteiger partial charge < -0.3 is 5.32 Å². The second kappa shape index (κ2) is 5.34. The van der Waals surface area contributed by atoms with Crippen LogP contribution in [0.2, 0.25) is 5.02 Å². The molecule has 0 saturated heterocycles. The van der Waals surface area contributed by atoms with Gasteiger partial charge in [0.2, 0.25) is 5.91 Å². The predicted molar refractivity (Wildman–Crippen MR) is 64.5 cm³/mol. The van der Waals surface area contributed by atoms with Crippen molar-refractivity contribution < 1.29 is 4.79 Å². The van der Waals surface area contributed by atoms with Crippen molar-refractivity contribution in [3.05, 3.63) is 16.9 Å². The van der Waals surface area contributed by atoms with Gasteiger partial charge in [-0.2, -0.15) is 5.10 Å². The second-order valence-electron chi connectivity index (χ2n) is 4.36. The van der Waals surface area contributed by atoms with E-state index in [4.69, 9.17) is 11.6 Å². The van der Waals surface area contributed by atoms with Crippen LogP contribution in [0.4, 0.5) is 0 Å². The SMILES string of the molecule is Cc1nn(C(C)C(=O)NCC(C)C)cc1Cl. The average Bonchev–Trinajstić information content (AvgIpc) is 2.54. The van der Waals surface area contributed by atoms with Crippen molar-refractivity contribution in [3.63, 3.8) is 0 Å². The molecule has 1 N–H and O–H groups in total. The zero-order chi connectivity index (χ0) is 12.3. The van der Waals surface area contributed by atoms with E-state index < -0.39 is 0 Å². The fourth-order valence-corrected chi connectivity index (χ4v) is 1.37. The molecular formula is C11H18ClN3O. The van der Waals surface area contributed by atoms with Gasteiger partial charge in [0.1, 0.15) is 6.04 Å². The summed E-state index contributed by atoms with van der Waals surface area (Å²) < 4.78 is 1.59. The van der Waals surface area contributed by atoms with Crippen LogP contribution in [-0.2, 0) is 4.79 Å². The Morgan fingerprint density at radius 2 is 2.19 bits per heavy atom. The van der Waals surface area contributed by atoms with Crippen molar-refractivity contribution in [1.82, 2.24) is 15.1 Å². The van der Waals surface area contributed by atoms with Crippen LogP contribution < -0.4 is 5.32 Å². The number of carbonyl (C=O) groups excluding carboxylic acids is 1. The summed E-state index contributed by atoms with van der Waals surface area (Å²) in [6.07, 6.45) is 1.68. The summed E-state index contributed by atoms with van der Waals surface area (Å²) in [5.41, 5.74) is 0.741. The highest BCUT2D eigenvalue weighted by atomic mass is 35.5. The first-order valence-corrected chi connectivity index (χ1v) is 5.78. The van der Waals surface area contributed by atoms with E-state index >= 15 is 0 Å². The van der Waals surface area contributed by atoms with Gasteiger partial charge in [0.05, 0.1) is 10.7 Å². The van der Waals surface area contributed by atoms with Crippen LogP contribution in [0, 0.1) is 12.8 Å². The van der Waals surface area contributed by atoms with Crippen LogP contribution in [0.15, 0.2) is 6.20 Å². The van der Waals surface area contributed by atoms with Crippen LogP contribution in [0.5, 0.6) is 0 Å². The van der Waals surface area contributed by atoms with E-state index in [9.17, 15) is 4.79 Å². The molecule has 1 aromatic rings. The van der Waals surface area contributed by atoms with E-state index in [1.807, 2.05) is 6.92 Å². The topological polar surface area (TPSA) is 46.9 Å². The van der Waals surface area contributed by atoms with E-state index in [2.05, 4.69) is 24.3 Å². The van der Waals surface area contributed by atoms with E-state index in [0.717, 1.165) is 5.69 Å². The van der Waals surface area contributed by atoms with Crippen LogP contribution >= 0.6 is 11.6 Å². The minimum absolute atomic E-state index is 0.0344. The number of amides is 1. The predicted octanol–water partition coefficient (Wildman–Crippen LogP) is 2.18. The zero-order valence-corrected chi connectivity index (χ0v) is 10.9. The Hall–Kier alpha value is -1.03. The number of aromatic nitrogens is 2. The summed E-state index contributed by atoms with van der Waals surface area (Å²) in [6.45, 7) is 8.41. The molecule has 5 heteroatoms. The molecule has 0 aromatic carbocycles. The molecule has 0 saturated carbocycles. The van der Waals surface area contributed by atoms with Crippen LogP contribution in [0.25, 0.3) is 0 Å². The molecule has 0 aliphatic heterocycles. The van der Waals surface area contributed by atoms with Crippen LogP contribution in [0.3, 0.4) is 0 Å². The molecule has 0 fully saturated rings. The van der Waals surface area contributed by atoms with Crippen LogP contribution in [-0.4, -0.2) is 22.2 Å². The Labute approximate surface area is 101 Å². The first kappa shape index (κ1) is 13.0.